The summed E-state index contributed by atoms with van der Waals surface area (Å²) in [7, 11) is 3.11. The first kappa shape index (κ1) is 17.2. The van der Waals surface area contributed by atoms with E-state index in [1.54, 1.807) is 13.2 Å². The fraction of sp³-hybridized carbons (Fsp3) is 0.412. The lowest BCUT2D eigenvalue weighted by Gasteiger charge is -2.17. The molecule has 0 aliphatic rings. The molecule has 0 saturated heterocycles. The standard InChI is InChI=1S/C17H23N3O3/c1-19-12-15(16(22)20(2)17(19)23)11-18-10-14(8-9-21)13-6-4-3-5-7-13/h3-7,12,14,18,21H,8-11H2,1-2H3. The van der Waals surface area contributed by atoms with E-state index in [0.29, 0.717) is 25.1 Å². The number of benzene rings is 1. The fourth-order valence-corrected chi connectivity index (χ4v) is 2.65. The second kappa shape index (κ2) is 7.89. The van der Waals surface area contributed by atoms with Crippen molar-refractivity contribution >= 4 is 0 Å². The molecule has 0 spiro atoms. The van der Waals surface area contributed by atoms with Crippen LogP contribution < -0.4 is 16.6 Å². The minimum atomic E-state index is -0.332. The summed E-state index contributed by atoms with van der Waals surface area (Å²) < 4.78 is 2.51. The van der Waals surface area contributed by atoms with Gasteiger partial charge in [0.2, 0.25) is 0 Å². The molecule has 2 N–H and O–H groups in total. The molecule has 1 atom stereocenters. The van der Waals surface area contributed by atoms with Crippen LogP contribution in [0.2, 0.25) is 0 Å². The lowest BCUT2D eigenvalue weighted by Crippen LogP contribution is -2.39. The molecule has 124 valence electrons. The topological polar surface area (TPSA) is 76.3 Å². The van der Waals surface area contributed by atoms with Gasteiger partial charge in [0.1, 0.15) is 0 Å². The van der Waals surface area contributed by atoms with Gasteiger partial charge in [-0.1, -0.05) is 30.3 Å². The van der Waals surface area contributed by atoms with E-state index in [4.69, 9.17) is 0 Å². The zero-order valence-electron chi connectivity index (χ0n) is 13.5. The molecule has 0 saturated carbocycles. The van der Waals surface area contributed by atoms with Gasteiger partial charge in [0.05, 0.1) is 0 Å². The van der Waals surface area contributed by atoms with E-state index in [9.17, 15) is 14.7 Å². The second-order valence-corrected chi connectivity index (χ2v) is 5.66. The number of aliphatic hydroxyl groups excluding tert-OH is 1. The molecule has 1 aromatic heterocycles. The molecular weight excluding hydrogens is 294 g/mol. The van der Waals surface area contributed by atoms with E-state index in [-0.39, 0.29) is 23.8 Å². The van der Waals surface area contributed by atoms with Crippen LogP contribution in [-0.4, -0.2) is 27.4 Å². The molecule has 0 aliphatic carbocycles. The maximum atomic E-state index is 12.1. The van der Waals surface area contributed by atoms with Crippen molar-refractivity contribution in [3.05, 3.63) is 68.5 Å². The van der Waals surface area contributed by atoms with Crippen LogP contribution >= 0.6 is 0 Å². The highest BCUT2D eigenvalue weighted by molar-refractivity contribution is 5.20. The maximum absolute atomic E-state index is 12.1. The lowest BCUT2D eigenvalue weighted by molar-refractivity contribution is 0.273. The molecule has 0 fully saturated rings. The van der Waals surface area contributed by atoms with Gasteiger partial charge in [0.25, 0.3) is 5.56 Å². The van der Waals surface area contributed by atoms with Gasteiger partial charge in [0, 0.05) is 45.6 Å². The van der Waals surface area contributed by atoms with E-state index in [0.717, 1.165) is 10.1 Å². The van der Waals surface area contributed by atoms with Crippen LogP contribution in [0.15, 0.2) is 46.1 Å². The first-order valence-electron chi connectivity index (χ1n) is 7.66. The highest BCUT2D eigenvalue weighted by Crippen LogP contribution is 2.18. The zero-order valence-corrected chi connectivity index (χ0v) is 13.5. The highest BCUT2D eigenvalue weighted by Gasteiger charge is 2.12. The summed E-state index contributed by atoms with van der Waals surface area (Å²) in [5, 5.41) is 12.5. The van der Waals surface area contributed by atoms with Gasteiger partial charge in [-0.05, 0) is 17.9 Å². The Morgan fingerprint density at radius 2 is 1.87 bits per heavy atom. The lowest BCUT2D eigenvalue weighted by atomic mass is 9.96. The molecule has 6 nitrogen and oxygen atoms in total. The first-order valence-corrected chi connectivity index (χ1v) is 7.66. The van der Waals surface area contributed by atoms with Crippen LogP contribution in [0.1, 0.15) is 23.5 Å². The van der Waals surface area contributed by atoms with Gasteiger partial charge >= 0.3 is 5.69 Å². The van der Waals surface area contributed by atoms with Crippen molar-refractivity contribution in [2.75, 3.05) is 13.2 Å². The third kappa shape index (κ3) is 4.18. The Labute approximate surface area is 135 Å². The minimum absolute atomic E-state index is 0.114. The van der Waals surface area contributed by atoms with Crippen molar-refractivity contribution in [3.63, 3.8) is 0 Å². The Morgan fingerprint density at radius 3 is 2.52 bits per heavy atom. The van der Waals surface area contributed by atoms with Crippen LogP contribution in [0.4, 0.5) is 0 Å². The highest BCUT2D eigenvalue weighted by atomic mass is 16.3. The average Bonchev–Trinajstić information content (AvgIpc) is 2.57. The summed E-state index contributed by atoms with van der Waals surface area (Å²) in [6.07, 6.45) is 2.23. The summed E-state index contributed by atoms with van der Waals surface area (Å²) in [6, 6.07) is 9.98. The van der Waals surface area contributed by atoms with Crippen LogP contribution in [0.5, 0.6) is 0 Å². The number of aromatic nitrogens is 2. The summed E-state index contributed by atoms with van der Waals surface area (Å²) >= 11 is 0. The van der Waals surface area contributed by atoms with Crippen molar-refractivity contribution in [1.82, 2.24) is 14.5 Å². The van der Waals surface area contributed by atoms with Crippen LogP contribution in [-0.2, 0) is 20.6 Å². The van der Waals surface area contributed by atoms with Crippen LogP contribution in [0.3, 0.4) is 0 Å². The molecule has 1 aromatic carbocycles. The first-order chi connectivity index (χ1) is 11.0. The number of hydrogen-bond acceptors (Lipinski definition) is 4. The van der Waals surface area contributed by atoms with Gasteiger partial charge < -0.3 is 15.0 Å². The Balaban J connectivity index is 2.06. The Kier molecular flexibility index (Phi) is 5.90. The third-order valence-electron chi connectivity index (χ3n) is 3.97. The number of nitrogens with one attached hydrogen (secondary N) is 1. The largest absolute Gasteiger partial charge is 0.396 e. The van der Waals surface area contributed by atoms with E-state index in [1.807, 2.05) is 30.3 Å². The number of rotatable bonds is 7. The molecular formula is C17H23N3O3. The monoisotopic (exact) mass is 317 g/mol. The number of aliphatic hydroxyl groups is 1. The van der Waals surface area contributed by atoms with Crippen molar-refractivity contribution in [3.8, 4) is 0 Å². The molecule has 0 aliphatic heterocycles. The van der Waals surface area contributed by atoms with Gasteiger partial charge in [0.15, 0.2) is 0 Å². The Morgan fingerprint density at radius 1 is 1.17 bits per heavy atom. The normalized spacial score (nSPS) is 12.3. The SMILES string of the molecule is Cn1cc(CNCC(CCO)c2ccccc2)c(=O)n(C)c1=O. The van der Waals surface area contributed by atoms with Crippen molar-refractivity contribution in [2.24, 2.45) is 14.1 Å². The van der Waals surface area contributed by atoms with Gasteiger partial charge in [-0.2, -0.15) is 0 Å². The summed E-state index contributed by atoms with van der Waals surface area (Å²) in [5.41, 5.74) is 1.09. The van der Waals surface area contributed by atoms with E-state index >= 15 is 0 Å². The summed E-state index contributed by atoms with van der Waals surface area (Å²) in [5.74, 6) is 0.178. The molecule has 2 aromatic rings. The van der Waals surface area contributed by atoms with E-state index in [1.165, 1.54) is 11.6 Å². The molecule has 6 heteroatoms. The van der Waals surface area contributed by atoms with Crippen molar-refractivity contribution < 1.29 is 5.11 Å². The fourth-order valence-electron chi connectivity index (χ4n) is 2.65. The van der Waals surface area contributed by atoms with Gasteiger partial charge in [-0.25, -0.2) is 4.79 Å². The molecule has 0 radical (unpaired) electrons. The maximum Gasteiger partial charge on any atom is 0.330 e. The summed E-state index contributed by atoms with van der Waals surface area (Å²) in [6.45, 7) is 1.15. The number of aryl methyl sites for hydroxylation is 1. The molecule has 1 heterocycles. The van der Waals surface area contributed by atoms with Crippen LogP contribution in [0, 0.1) is 0 Å². The third-order valence-corrected chi connectivity index (χ3v) is 3.97. The second-order valence-electron chi connectivity index (χ2n) is 5.66. The molecule has 23 heavy (non-hydrogen) atoms. The predicted octanol–water partition coefficient (Wildman–Crippen LogP) is 0.340. The predicted molar refractivity (Wildman–Crippen MR) is 89.5 cm³/mol. The molecule has 0 amide bonds. The van der Waals surface area contributed by atoms with E-state index < -0.39 is 0 Å². The molecule has 0 bridgehead atoms. The quantitative estimate of drug-likeness (QED) is 0.772. The van der Waals surface area contributed by atoms with Crippen molar-refractivity contribution in [2.45, 2.75) is 18.9 Å². The molecule has 2 rings (SSSR count). The van der Waals surface area contributed by atoms with Crippen LogP contribution in [0.25, 0.3) is 0 Å². The van der Waals surface area contributed by atoms with Gasteiger partial charge in [-0.15, -0.1) is 0 Å². The van der Waals surface area contributed by atoms with E-state index in [2.05, 4.69) is 5.32 Å². The Bertz CT molecular complexity index is 750. The zero-order chi connectivity index (χ0) is 16.8. The molecule has 1 unspecified atom stereocenters. The Hall–Kier alpha value is -2.18. The minimum Gasteiger partial charge on any atom is -0.396 e. The number of hydrogen-bond donors (Lipinski definition) is 2. The van der Waals surface area contributed by atoms with Crippen molar-refractivity contribution in [1.29, 1.82) is 0 Å². The smallest absolute Gasteiger partial charge is 0.330 e. The van der Waals surface area contributed by atoms with Gasteiger partial charge in [-0.3, -0.25) is 9.36 Å². The number of nitrogens with zero attached hydrogens (tertiary/aromatic N) is 2. The summed E-state index contributed by atoms with van der Waals surface area (Å²) in [4.78, 5) is 23.8. The average molecular weight is 317 g/mol.